The van der Waals surface area contributed by atoms with Crippen molar-refractivity contribution in [2.45, 2.75) is 51.4 Å². The Morgan fingerprint density at radius 3 is 1.76 bits per heavy atom. The molecule has 0 radical (unpaired) electrons. The third-order valence-corrected chi connectivity index (χ3v) is 6.22. The first-order valence-corrected chi connectivity index (χ1v) is 12.7. The maximum absolute atomic E-state index is 14.6. The van der Waals surface area contributed by atoms with E-state index in [1.54, 1.807) is 24.3 Å². The number of benzene rings is 2. The van der Waals surface area contributed by atoms with Gasteiger partial charge >= 0.3 is 11.9 Å². The quantitative estimate of drug-likeness (QED) is 0.185. The lowest BCUT2D eigenvalue weighted by Crippen LogP contribution is -2.21. The van der Waals surface area contributed by atoms with Crippen LogP contribution in [0.3, 0.4) is 0 Å². The number of unbranched alkanes of at least 4 members (excludes halogenated alkanes) is 2. The van der Waals surface area contributed by atoms with Crippen LogP contribution >= 0.6 is 0 Å². The van der Waals surface area contributed by atoms with Crippen LogP contribution in [0.2, 0.25) is 0 Å². The topological polar surface area (TPSA) is 93.1 Å². The summed E-state index contributed by atoms with van der Waals surface area (Å²) in [5, 5.41) is 18.1. The summed E-state index contributed by atoms with van der Waals surface area (Å²) in [6.45, 7) is 7.52. The first kappa shape index (κ1) is 30.9. The zero-order valence-corrected chi connectivity index (χ0v) is 21.8. The van der Waals surface area contributed by atoms with Gasteiger partial charge in [-0.3, -0.25) is 0 Å². The molecule has 8 heteroatoms. The second kappa shape index (κ2) is 15.8. The number of aryl methyl sites for hydroxylation is 3. The molecule has 2 rings (SSSR count). The zero-order chi connectivity index (χ0) is 28.1. The smallest absolute Gasteiger partial charge is 0.335 e. The molecular weight excluding hydrogens is 494 g/mol. The second-order valence-electron chi connectivity index (χ2n) is 9.13. The van der Waals surface area contributed by atoms with Crippen molar-refractivity contribution < 1.29 is 38.1 Å². The number of rotatable bonds is 16. The van der Waals surface area contributed by atoms with Gasteiger partial charge in [0.2, 0.25) is 0 Å². The Kier molecular flexibility index (Phi) is 12.8. The third-order valence-electron chi connectivity index (χ3n) is 6.22. The van der Waals surface area contributed by atoms with E-state index >= 15 is 0 Å². The highest BCUT2D eigenvalue weighted by Gasteiger charge is 2.19. The van der Waals surface area contributed by atoms with Gasteiger partial charge < -0.3 is 19.7 Å². The van der Waals surface area contributed by atoms with Gasteiger partial charge in [0, 0.05) is 0 Å². The number of aliphatic hydroxyl groups excluding tert-OH is 2. The van der Waals surface area contributed by atoms with E-state index in [1.165, 1.54) is 0 Å². The fourth-order valence-corrected chi connectivity index (χ4v) is 3.74. The van der Waals surface area contributed by atoms with E-state index in [0.717, 1.165) is 24.8 Å². The van der Waals surface area contributed by atoms with Crippen molar-refractivity contribution in [3.05, 3.63) is 94.6 Å². The summed E-state index contributed by atoms with van der Waals surface area (Å²) >= 11 is 0. The largest absolute Gasteiger partial charge is 0.461 e. The van der Waals surface area contributed by atoms with Crippen LogP contribution in [0.15, 0.2) is 60.7 Å². The van der Waals surface area contributed by atoms with E-state index in [0.29, 0.717) is 36.0 Å². The van der Waals surface area contributed by atoms with Gasteiger partial charge in [-0.05, 0) is 47.9 Å². The molecule has 0 aliphatic heterocycles. The Morgan fingerprint density at radius 1 is 0.789 bits per heavy atom. The molecule has 2 N–H and O–H groups in total. The van der Waals surface area contributed by atoms with Crippen LogP contribution in [0, 0.1) is 11.6 Å². The van der Waals surface area contributed by atoms with E-state index in [-0.39, 0.29) is 24.4 Å². The van der Waals surface area contributed by atoms with Crippen molar-refractivity contribution in [1.82, 2.24) is 0 Å². The van der Waals surface area contributed by atoms with Crippen molar-refractivity contribution in [3.8, 4) is 0 Å². The minimum Gasteiger partial charge on any atom is -0.461 e. The van der Waals surface area contributed by atoms with Crippen molar-refractivity contribution in [2.75, 3.05) is 26.4 Å². The number of hydrogen-bond acceptors (Lipinski definition) is 6. The molecule has 2 aromatic carbocycles. The minimum atomic E-state index is -0.798. The summed E-state index contributed by atoms with van der Waals surface area (Å²) < 4.78 is 39.5. The average molecular weight is 531 g/mol. The lowest BCUT2D eigenvalue weighted by molar-refractivity contribution is -0.142. The normalized spacial score (nSPS) is 10.9. The molecule has 38 heavy (non-hydrogen) atoms. The predicted molar refractivity (Wildman–Crippen MR) is 141 cm³/mol. The summed E-state index contributed by atoms with van der Waals surface area (Å²) in [6, 6.07) is 10.5. The molecule has 0 fully saturated rings. The van der Waals surface area contributed by atoms with Crippen molar-refractivity contribution >= 4 is 11.9 Å². The molecule has 0 atom stereocenters. The van der Waals surface area contributed by atoms with Crippen LogP contribution in [0.4, 0.5) is 8.78 Å². The maximum Gasteiger partial charge on any atom is 0.335 e. The Morgan fingerprint density at radius 2 is 1.29 bits per heavy atom. The Balaban J connectivity index is 2.07. The Bertz CT molecular complexity index is 1080. The number of aliphatic hydroxyl groups is 2. The summed E-state index contributed by atoms with van der Waals surface area (Å²) in [4.78, 5) is 23.8. The molecule has 0 spiro atoms. The van der Waals surface area contributed by atoms with E-state index in [9.17, 15) is 18.4 Å². The first-order valence-electron chi connectivity index (χ1n) is 12.7. The number of esters is 2. The predicted octanol–water partition coefficient (Wildman–Crippen LogP) is 4.75. The van der Waals surface area contributed by atoms with Gasteiger partial charge in [0.15, 0.2) is 11.6 Å². The fraction of sp³-hybridized carbons (Fsp3) is 0.400. The van der Waals surface area contributed by atoms with Gasteiger partial charge in [-0.2, -0.15) is 0 Å². The Labute approximate surface area is 222 Å². The fourth-order valence-electron chi connectivity index (χ4n) is 3.74. The molecule has 0 amide bonds. The van der Waals surface area contributed by atoms with Crippen LogP contribution in [0.25, 0.3) is 0 Å². The molecule has 0 aromatic heterocycles. The summed E-state index contributed by atoms with van der Waals surface area (Å²) in [5.74, 6) is -3.65. The van der Waals surface area contributed by atoms with Gasteiger partial charge in [-0.1, -0.05) is 69.3 Å². The highest BCUT2D eigenvalue weighted by atomic mass is 19.2. The molecule has 0 saturated heterocycles. The van der Waals surface area contributed by atoms with E-state index in [4.69, 9.17) is 19.7 Å². The van der Waals surface area contributed by atoms with Crippen LogP contribution < -0.4 is 0 Å². The summed E-state index contributed by atoms with van der Waals surface area (Å²) in [5.41, 5.74) is 2.09. The van der Waals surface area contributed by atoms with Crippen LogP contribution in [0.1, 0.15) is 54.4 Å². The summed E-state index contributed by atoms with van der Waals surface area (Å²) in [7, 11) is 0. The van der Waals surface area contributed by atoms with E-state index in [1.807, 2.05) is 12.1 Å². The van der Waals surface area contributed by atoms with E-state index in [2.05, 4.69) is 20.1 Å². The minimum absolute atomic E-state index is 0.109. The monoisotopic (exact) mass is 530 g/mol. The molecule has 6 nitrogen and oxygen atoms in total. The van der Waals surface area contributed by atoms with Gasteiger partial charge in [0.05, 0.1) is 30.3 Å². The van der Waals surface area contributed by atoms with Gasteiger partial charge in [0.25, 0.3) is 0 Å². The SMILES string of the molecule is C=C(CO)C(=O)OCC(COC(=O)C(=C)CO)c1ccc(CCc2ccc(CCCCC)c(F)c2F)cc1. The average Bonchev–Trinajstić information content (AvgIpc) is 2.94. The van der Waals surface area contributed by atoms with Gasteiger partial charge in [-0.25, -0.2) is 18.4 Å². The molecule has 0 bridgehead atoms. The van der Waals surface area contributed by atoms with Gasteiger partial charge in [0.1, 0.15) is 13.2 Å². The molecule has 0 aliphatic carbocycles. The molecule has 206 valence electrons. The highest BCUT2D eigenvalue weighted by molar-refractivity contribution is 5.88. The summed E-state index contributed by atoms with van der Waals surface area (Å²) in [6.07, 6.45) is 4.13. The number of carbonyl (C=O) groups excluding carboxylic acids is 2. The van der Waals surface area contributed by atoms with Crippen molar-refractivity contribution in [3.63, 3.8) is 0 Å². The lowest BCUT2D eigenvalue weighted by Gasteiger charge is -2.18. The standard InChI is InChI=1S/C30H36F2O6/c1-4-5-6-7-24-14-15-25(28(32)27(24)31)13-10-22-8-11-23(12-9-22)26(18-37-29(35)20(2)16-33)19-38-30(36)21(3)17-34/h8-9,11-12,14-15,26,33-34H,2-7,10,13,16-19H2,1H3. The van der Waals surface area contributed by atoms with Crippen molar-refractivity contribution in [1.29, 1.82) is 0 Å². The van der Waals surface area contributed by atoms with Crippen LogP contribution in [-0.2, 0) is 38.3 Å². The second-order valence-corrected chi connectivity index (χ2v) is 9.13. The van der Waals surface area contributed by atoms with Crippen LogP contribution in [0.5, 0.6) is 0 Å². The number of hydrogen-bond donors (Lipinski definition) is 2. The molecular formula is C30H36F2O6. The van der Waals surface area contributed by atoms with E-state index < -0.39 is 42.7 Å². The zero-order valence-electron chi connectivity index (χ0n) is 21.8. The van der Waals surface area contributed by atoms with Crippen molar-refractivity contribution in [2.24, 2.45) is 0 Å². The van der Waals surface area contributed by atoms with Gasteiger partial charge in [-0.15, -0.1) is 0 Å². The molecule has 0 aliphatic rings. The third kappa shape index (κ3) is 9.19. The van der Waals surface area contributed by atoms with Crippen LogP contribution in [-0.4, -0.2) is 48.6 Å². The first-order chi connectivity index (χ1) is 18.2. The molecule has 2 aromatic rings. The number of halogens is 2. The maximum atomic E-state index is 14.6. The lowest BCUT2D eigenvalue weighted by atomic mass is 9.96. The molecule has 0 saturated carbocycles. The number of ether oxygens (including phenoxy) is 2. The molecule has 0 heterocycles. The highest BCUT2D eigenvalue weighted by Crippen LogP contribution is 2.22. The Hall–Kier alpha value is -3.36. The number of carbonyl (C=O) groups is 2. The molecule has 0 unspecified atom stereocenters.